The number of aromatic nitrogens is 2. The Morgan fingerprint density at radius 2 is 2.04 bits per heavy atom. The van der Waals surface area contributed by atoms with Crippen LogP contribution in [0.2, 0.25) is 0 Å². The van der Waals surface area contributed by atoms with Crippen LogP contribution in [0.4, 0.5) is 0 Å². The highest BCUT2D eigenvalue weighted by molar-refractivity contribution is 7.87. The maximum absolute atomic E-state index is 12.9. The van der Waals surface area contributed by atoms with Crippen molar-refractivity contribution >= 4 is 10.2 Å². The number of nitrogens with one attached hydrogen (secondary N) is 1. The van der Waals surface area contributed by atoms with Gasteiger partial charge in [0.1, 0.15) is 11.9 Å². The van der Waals surface area contributed by atoms with Gasteiger partial charge in [-0.25, -0.2) is 4.98 Å². The topological polar surface area (TPSA) is 67.2 Å². The third-order valence-electron chi connectivity index (χ3n) is 4.48. The Hall–Kier alpha value is -1.70. The molecule has 1 aliphatic rings. The van der Waals surface area contributed by atoms with Crippen LogP contribution in [0.15, 0.2) is 42.7 Å². The van der Waals surface area contributed by atoms with Crippen molar-refractivity contribution in [3.05, 3.63) is 54.1 Å². The molecule has 1 N–H and O–H groups in total. The highest BCUT2D eigenvalue weighted by atomic mass is 32.2. The molecular weight excluding hydrogens is 324 g/mol. The van der Waals surface area contributed by atoms with Crippen LogP contribution in [0.1, 0.15) is 37.2 Å². The molecule has 1 aliphatic heterocycles. The van der Waals surface area contributed by atoms with Crippen molar-refractivity contribution in [3.63, 3.8) is 0 Å². The van der Waals surface area contributed by atoms with Crippen molar-refractivity contribution < 1.29 is 8.42 Å². The zero-order valence-corrected chi connectivity index (χ0v) is 14.9. The summed E-state index contributed by atoms with van der Waals surface area (Å²) in [6.45, 7) is 3.23. The number of benzene rings is 1. The third kappa shape index (κ3) is 3.68. The van der Waals surface area contributed by atoms with E-state index in [1.807, 2.05) is 48.1 Å². The fraction of sp³-hybridized carbons (Fsp3) is 0.471. The Morgan fingerprint density at radius 3 is 2.67 bits per heavy atom. The Bertz CT molecular complexity index is 773. The summed E-state index contributed by atoms with van der Waals surface area (Å²) in [5.74, 6) is 1.06. The molecule has 0 unspecified atom stereocenters. The Labute approximate surface area is 143 Å². The average Bonchev–Trinajstić information content (AvgIpc) is 2.99. The van der Waals surface area contributed by atoms with E-state index in [2.05, 4.69) is 16.6 Å². The standard InChI is InChI=1S/C17H24N4O2S/c1-14-7-6-11-21(13-14)24(22,23)19-16(15-8-4-3-5-9-15)17-18-10-12-20(17)2/h3-5,8-10,12,14,16,19H,6-7,11,13H2,1-2H3/t14-,16+/m1/s1. The fourth-order valence-corrected chi connectivity index (χ4v) is 4.67. The van der Waals surface area contributed by atoms with Gasteiger partial charge in [0.2, 0.25) is 0 Å². The number of nitrogens with zero attached hydrogens (tertiary/aromatic N) is 3. The number of rotatable bonds is 5. The molecule has 0 spiro atoms. The van der Waals surface area contributed by atoms with Crippen molar-refractivity contribution in [1.82, 2.24) is 18.6 Å². The summed E-state index contributed by atoms with van der Waals surface area (Å²) in [7, 11) is -1.71. The number of piperidine rings is 1. The quantitative estimate of drug-likeness (QED) is 0.899. The van der Waals surface area contributed by atoms with E-state index < -0.39 is 16.3 Å². The molecule has 0 saturated carbocycles. The van der Waals surface area contributed by atoms with Crippen LogP contribution >= 0.6 is 0 Å². The van der Waals surface area contributed by atoms with Crippen LogP contribution < -0.4 is 4.72 Å². The van der Waals surface area contributed by atoms with E-state index in [0.717, 1.165) is 18.4 Å². The zero-order chi connectivity index (χ0) is 17.2. The summed E-state index contributed by atoms with van der Waals surface area (Å²) in [6, 6.07) is 9.06. The summed E-state index contributed by atoms with van der Waals surface area (Å²) >= 11 is 0. The van der Waals surface area contributed by atoms with Gasteiger partial charge in [-0.05, 0) is 24.3 Å². The van der Waals surface area contributed by atoms with Gasteiger partial charge in [0.15, 0.2) is 0 Å². The predicted octanol–water partition coefficient (Wildman–Crippen LogP) is 2.08. The van der Waals surface area contributed by atoms with Gasteiger partial charge in [0, 0.05) is 32.5 Å². The van der Waals surface area contributed by atoms with Crippen molar-refractivity contribution in [2.75, 3.05) is 13.1 Å². The van der Waals surface area contributed by atoms with E-state index in [1.165, 1.54) is 0 Å². The lowest BCUT2D eigenvalue weighted by molar-refractivity contribution is 0.277. The Balaban J connectivity index is 1.91. The summed E-state index contributed by atoms with van der Waals surface area (Å²) in [6.07, 6.45) is 5.49. The Kier molecular flexibility index (Phi) is 5.03. The van der Waals surface area contributed by atoms with Gasteiger partial charge < -0.3 is 4.57 Å². The van der Waals surface area contributed by atoms with Crippen LogP contribution in [-0.4, -0.2) is 35.4 Å². The number of hydrogen-bond acceptors (Lipinski definition) is 3. The van der Waals surface area contributed by atoms with E-state index >= 15 is 0 Å². The molecule has 6 nitrogen and oxygen atoms in total. The van der Waals surface area contributed by atoms with E-state index in [1.54, 1.807) is 10.5 Å². The molecule has 2 aromatic rings. The number of aryl methyl sites for hydroxylation is 1. The fourth-order valence-electron chi connectivity index (χ4n) is 3.16. The lowest BCUT2D eigenvalue weighted by Crippen LogP contribution is -2.47. The van der Waals surface area contributed by atoms with Gasteiger partial charge in [0.25, 0.3) is 10.2 Å². The van der Waals surface area contributed by atoms with Crippen molar-refractivity contribution in [3.8, 4) is 0 Å². The van der Waals surface area contributed by atoms with Gasteiger partial charge in [-0.3, -0.25) is 0 Å². The second-order valence-corrected chi connectivity index (χ2v) is 8.17. The van der Waals surface area contributed by atoms with Gasteiger partial charge in [-0.2, -0.15) is 17.4 Å². The average molecular weight is 348 g/mol. The predicted molar refractivity (Wildman–Crippen MR) is 93.5 cm³/mol. The molecule has 0 bridgehead atoms. The number of imidazole rings is 1. The molecule has 7 heteroatoms. The van der Waals surface area contributed by atoms with Crippen LogP contribution in [-0.2, 0) is 17.3 Å². The van der Waals surface area contributed by atoms with E-state index in [9.17, 15) is 8.42 Å². The molecule has 130 valence electrons. The van der Waals surface area contributed by atoms with Crippen LogP contribution in [0.5, 0.6) is 0 Å². The maximum Gasteiger partial charge on any atom is 0.280 e. The van der Waals surface area contributed by atoms with Crippen molar-refractivity contribution in [2.24, 2.45) is 13.0 Å². The Morgan fingerprint density at radius 1 is 1.29 bits per heavy atom. The largest absolute Gasteiger partial charge is 0.336 e. The van der Waals surface area contributed by atoms with Crippen LogP contribution in [0.25, 0.3) is 0 Å². The first-order chi connectivity index (χ1) is 11.5. The SMILES string of the molecule is C[C@@H]1CCCN(S(=O)(=O)N[C@@H](c2ccccc2)c2nccn2C)C1. The summed E-state index contributed by atoms with van der Waals surface area (Å²) in [5.41, 5.74) is 0.875. The molecule has 2 heterocycles. The van der Waals surface area contributed by atoms with Crippen LogP contribution in [0.3, 0.4) is 0 Å². The molecule has 3 rings (SSSR count). The van der Waals surface area contributed by atoms with Crippen molar-refractivity contribution in [2.45, 2.75) is 25.8 Å². The molecule has 0 aliphatic carbocycles. The van der Waals surface area contributed by atoms with Crippen LogP contribution in [0, 0.1) is 5.92 Å². The van der Waals surface area contributed by atoms with Gasteiger partial charge >= 0.3 is 0 Å². The van der Waals surface area contributed by atoms with E-state index in [-0.39, 0.29) is 0 Å². The second-order valence-electron chi connectivity index (χ2n) is 6.47. The first-order valence-electron chi connectivity index (χ1n) is 8.27. The number of hydrogen-bond donors (Lipinski definition) is 1. The summed E-state index contributed by atoms with van der Waals surface area (Å²) < 4.78 is 32.1. The third-order valence-corrected chi connectivity index (χ3v) is 6.02. The van der Waals surface area contributed by atoms with E-state index in [0.29, 0.717) is 24.8 Å². The maximum atomic E-state index is 12.9. The van der Waals surface area contributed by atoms with Gasteiger partial charge in [-0.1, -0.05) is 37.3 Å². The molecule has 1 aromatic heterocycles. The zero-order valence-electron chi connectivity index (χ0n) is 14.1. The first-order valence-corrected chi connectivity index (χ1v) is 9.71. The van der Waals surface area contributed by atoms with Crippen molar-refractivity contribution in [1.29, 1.82) is 0 Å². The molecule has 0 radical (unpaired) electrons. The minimum atomic E-state index is -3.58. The highest BCUT2D eigenvalue weighted by Crippen LogP contribution is 2.24. The van der Waals surface area contributed by atoms with Gasteiger partial charge in [-0.15, -0.1) is 0 Å². The second kappa shape index (κ2) is 7.04. The monoisotopic (exact) mass is 348 g/mol. The summed E-state index contributed by atoms with van der Waals surface area (Å²) in [4.78, 5) is 4.35. The molecule has 2 atom stereocenters. The molecular formula is C17H24N4O2S. The minimum Gasteiger partial charge on any atom is -0.336 e. The minimum absolute atomic E-state index is 0.388. The lowest BCUT2D eigenvalue weighted by atomic mass is 10.0. The molecule has 1 aromatic carbocycles. The normalized spacial score (nSPS) is 20.8. The first kappa shape index (κ1) is 17.1. The smallest absolute Gasteiger partial charge is 0.280 e. The lowest BCUT2D eigenvalue weighted by Gasteiger charge is -2.31. The highest BCUT2D eigenvalue weighted by Gasteiger charge is 2.31. The molecule has 1 saturated heterocycles. The molecule has 1 fully saturated rings. The molecule has 0 amide bonds. The van der Waals surface area contributed by atoms with Gasteiger partial charge in [0.05, 0.1) is 0 Å². The molecule has 24 heavy (non-hydrogen) atoms. The van der Waals surface area contributed by atoms with E-state index in [4.69, 9.17) is 0 Å². The summed E-state index contributed by atoms with van der Waals surface area (Å²) in [5, 5.41) is 0.